The number of pyridine rings is 1. The van der Waals surface area contributed by atoms with E-state index >= 15 is 0 Å². The van der Waals surface area contributed by atoms with Crippen LogP contribution in [0, 0.1) is 5.41 Å². The number of carbonyl (C=O) groups excluding carboxylic acids is 1. The third-order valence-electron chi connectivity index (χ3n) is 5.63. The molecule has 2 aromatic rings. The zero-order valence-corrected chi connectivity index (χ0v) is 16.5. The minimum atomic E-state index is 0.152. The molecule has 1 spiro atoms. The molecule has 7 heteroatoms. The predicted molar refractivity (Wildman–Crippen MR) is 107 cm³/mol. The lowest BCUT2D eigenvalue weighted by Crippen LogP contribution is -2.54. The van der Waals surface area contributed by atoms with Gasteiger partial charge in [-0.25, -0.2) is 9.97 Å². The summed E-state index contributed by atoms with van der Waals surface area (Å²) in [6.45, 7) is 3.44. The highest BCUT2D eigenvalue weighted by molar-refractivity contribution is 7.98. The van der Waals surface area contributed by atoms with Gasteiger partial charge in [-0.15, -0.1) is 0 Å². The minimum Gasteiger partial charge on any atom is -0.356 e. The first-order valence-electron chi connectivity index (χ1n) is 9.46. The van der Waals surface area contributed by atoms with Gasteiger partial charge in [0.25, 0.3) is 0 Å². The molecule has 142 valence electrons. The third-order valence-corrected chi connectivity index (χ3v) is 6.19. The molecule has 0 aliphatic carbocycles. The SMILES string of the molecule is CSc1nccc(N2CCC[C@@]3(CCC(=O)N(Cc4cccnc4)C3)C2)n1. The first-order chi connectivity index (χ1) is 13.2. The molecule has 1 atom stereocenters. The second-order valence-corrected chi connectivity index (χ2v) is 8.31. The van der Waals surface area contributed by atoms with E-state index in [1.54, 1.807) is 18.0 Å². The summed E-state index contributed by atoms with van der Waals surface area (Å²) in [5.41, 5.74) is 1.25. The number of aromatic nitrogens is 3. The number of nitrogens with zero attached hydrogens (tertiary/aromatic N) is 5. The predicted octanol–water partition coefficient (Wildman–Crippen LogP) is 3.00. The van der Waals surface area contributed by atoms with Crippen molar-refractivity contribution in [3.63, 3.8) is 0 Å². The Hall–Kier alpha value is -2.15. The van der Waals surface area contributed by atoms with Gasteiger partial charge in [0.1, 0.15) is 5.82 Å². The largest absolute Gasteiger partial charge is 0.356 e. The summed E-state index contributed by atoms with van der Waals surface area (Å²) in [5.74, 6) is 1.26. The molecular formula is C20H25N5OS. The summed E-state index contributed by atoms with van der Waals surface area (Å²) in [5, 5.41) is 0.809. The lowest BCUT2D eigenvalue weighted by molar-refractivity contribution is -0.138. The van der Waals surface area contributed by atoms with Crippen molar-refractivity contribution in [2.75, 3.05) is 30.8 Å². The van der Waals surface area contributed by atoms with Gasteiger partial charge in [-0.05, 0) is 43.2 Å². The molecule has 1 amide bonds. The number of piperidine rings is 2. The van der Waals surface area contributed by atoms with Crippen LogP contribution in [-0.2, 0) is 11.3 Å². The number of hydrogen-bond acceptors (Lipinski definition) is 6. The number of likely N-dealkylation sites (tertiary alicyclic amines) is 1. The van der Waals surface area contributed by atoms with E-state index < -0.39 is 0 Å². The lowest BCUT2D eigenvalue weighted by Gasteiger charge is -2.48. The Bertz CT molecular complexity index is 802. The molecular weight excluding hydrogens is 358 g/mol. The van der Waals surface area contributed by atoms with E-state index in [1.165, 1.54) is 6.42 Å². The monoisotopic (exact) mass is 383 g/mol. The quantitative estimate of drug-likeness (QED) is 0.597. The average Bonchev–Trinajstić information content (AvgIpc) is 2.72. The molecule has 2 fully saturated rings. The standard InChI is InChI=1S/C20H25N5OS/c1-27-19-22-10-6-17(23-19)24-11-3-7-20(14-24)8-5-18(26)25(15-20)13-16-4-2-9-21-12-16/h2,4,6,9-10,12H,3,5,7-8,11,13-15H2,1H3/t20-/m1/s1. The van der Waals surface area contributed by atoms with E-state index in [2.05, 4.69) is 19.9 Å². The van der Waals surface area contributed by atoms with Crippen molar-refractivity contribution >= 4 is 23.5 Å². The van der Waals surface area contributed by atoms with Crippen molar-refractivity contribution in [3.8, 4) is 0 Å². The molecule has 0 unspecified atom stereocenters. The van der Waals surface area contributed by atoms with Gasteiger partial charge in [-0.2, -0.15) is 0 Å². The van der Waals surface area contributed by atoms with Crippen LogP contribution in [0.1, 0.15) is 31.2 Å². The molecule has 4 rings (SSSR count). The van der Waals surface area contributed by atoms with Crippen LogP contribution >= 0.6 is 11.8 Å². The summed E-state index contributed by atoms with van der Waals surface area (Å²) in [4.78, 5) is 30.1. The van der Waals surface area contributed by atoms with Crippen molar-refractivity contribution in [1.82, 2.24) is 19.9 Å². The van der Waals surface area contributed by atoms with Crippen LogP contribution < -0.4 is 4.90 Å². The molecule has 0 aromatic carbocycles. The number of rotatable bonds is 4. The van der Waals surface area contributed by atoms with Crippen molar-refractivity contribution in [1.29, 1.82) is 0 Å². The smallest absolute Gasteiger partial charge is 0.222 e. The van der Waals surface area contributed by atoms with Crippen LogP contribution in [0.3, 0.4) is 0 Å². The molecule has 0 N–H and O–H groups in total. The first kappa shape index (κ1) is 18.2. The van der Waals surface area contributed by atoms with Crippen LogP contribution in [-0.4, -0.2) is 51.6 Å². The second-order valence-electron chi connectivity index (χ2n) is 7.54. The Kier molecular flexibility index (Phi) is 5.29. The van der Waals surface area contributed by atoms with Gasteiger partial charge in [-0.3, -0.25) is 9.78 Å². The number of hydrogen-bond donors (Lipinski definition) is 0. The number of anilines is 1. The highest BCUT2D eigenvalue weighted by Gasteiger charge is 2.42. The number of amides is 1. The third kappa shape index (κ3) is 4.08. The average molecular weight is 384 g/mol. The maximum atomic E-state index is 12.5. The Morgan fingerprint density at radius 1 is 1.22 bits per heavy atom. The lowest BCUT2D eigenvalue weighted by atomic mass is 9.73. The fraction of sp³-hybridized carbons (Fsp3) is 0.500. The Labute approximate surface area is 164 Å². The van der Waals surface area contributed by atoms with Gasteiger partial charge in [-0.1, -0.05) is 17.8 Å². The van der Waals surface area contributed by atoms with E-state index in [-0.39, 0.29) is 11.3 Å². The second kappa shape index (κ2) is 7.84. The molecule has 2 aliphatic rings. The molecule has 27 heavy (non-hydrogen) atoms. The van der Waals surface area contributed by atoms with Crippen LogP contribution in [0.4, 0.5) is 5.82 Å². The molecule has 0 saturated carbocycles. The molecule has 2 saturated heterocycles. The van der Waals surface area contributed by atoms with Gasteiger partial charge in [0, 0.05) is 56.6 Å². The number of carbonyl (C=O) groups is 1. The van der Waals surface area contributed by atoms with Crippen molar-refractivity contribution < 1.29 is 4.79 Å². The molecule has 2 aromatic heterocycles. The van der Waals surface area contributed by atoms with Gasteiger partial charge in [0.05, 0.1) is 0 Å². The first-order valence-corrected chi connectivity index (χ1v) is 10.7. The van der Waals surface area contributed by atoms with E-state index in [9.17, 15) is 4.79 Å². The highest BCUT2D eigenvalue weighted by Crippen LogP contribution is 2.40. The number of thioether (sulfide) groups is 1. The molecule has 6 nitrogen and oxygen atoms in total. The Balaban J connectivity index is 1.50. The van der Waals surface area contributed by atoms with Crippen molar-refractivity contribution in [3.05, 3.63) is 42.4 Å². The summed E-state index contributed by atoms with van der Waals surface area (Å²) in [6, 6.07) is 5.97. The van der Waals surface area contributed by atoms with Crippen LogP contribution in [0.25, 0.3) is 0 Å². The Morgan fingerprint density at radius 2 is 2.15 bits per heavy atom. The van der Waals surface area contributed by atoms with E-state index in [0.717, 1.165) is 49.0 Å². The summed E-state index contributed by atoms with van der Waals surface area (Å²) >= 11 is 1.57. The minimum absolute atomic E-state index is 0.152. The zero-order valence-electron chi connectivity index (χ0n) is 15.7. The summed E-state index contributed by atoms with van der Waals surface area (Å²) in [7, 11) is 0. The normalized spacial score (nSPS) is 23.1. The maximum absolute atomic E-state index is 12.5. The zero-order chi connectivity index (χ0) is 18.7. The molecule has 0 radical (unpaired) electrons. The fourth-order valence-corrected chi connectivity index (χ4v) is 4.65. The summed E-state index contributed by atoms with van der Waals surface area (Å²) in [6.07, 6.45) is 11.4. The van der Waals surface area contributed by atoms with Crippen molar-refractivity contribution in [2.45, 2.75) is 37.4 Å². The van der Waals surface area contributed by atoms with E-state index in [0.29, 0.717) is 13.0 Å². The van der Waals surface area contributed by atoms with Crippen LogP contribution in [0.2, 0.25) is 0 Å². The molecule has 2 aliphatic heterocycles. The van der Waals surface area contributed by atoms with Gasteiger partial charge in [0.2, 0.25) is 5.91 Å². The maximum Gasteiger partial charge on any atom is 0.222 e. The highest BCUT2D eigenvalue weighted by atomic mass is 32.2. The van der Waals surface area contributed by atoms with E-state index in [4.69, 9.17) is 0 Å². The fourth-order valence-electron chi connectivity index (χ4n) is 4.30. The topological polar surface area (TPSA) is 62.2 Å². The van der Waals surface area contributed by atoms with E-state index in [1.807, 2.05) is 41.7 Å². The van der Waals surface area contributed by atoms with Crippen LogP contribution in [0.5, 0.6) is 0 Å². The summed E-state index contributed by atoms with van der Waals surface area (Å²) < 4.78 is 0. The van der Waals surface area contributed by atoms with Crippen molar-refractivity contribution in [2.24, 2.45) is 5.41 Å². The molecule has 0 bridgehead atoms. The van der Waals surface area contributed by atoms with Crippen LogP contribution in [0.15, 0.2) is 41.9 Å². The molecule has 4 heterocycles. The Morgan fingerprint density at radius 3 is 2.96 bits per heavy atom. The van der Waals surface area contributed by atoms with Gasteiger partial charge < -0.3 is 9.80 Å². The van der Waals surface area contributed by atoms with Gasteiger partial charge in [0.15, 0.2) is 5.16 Å². The van der Waals surface area contributed by atoms with Gasteiger partial charge >= 0.3 is 0 Å².